The smallest absolute Gasteiger partial charge is 0.141 e. The Morgan fingerprint density at radius 1 is 1.44 bits per heavy atom. The van der Waals surface area contributed by atoms with Crippen molar-refractivity contribution in [1.29, 1.82) is 0 Å². The highest BCUT2D eigenvalue weighted by Crippen LogP contribution is 2.19. The van der Waals surface area contributed by atoms with Crippen LogP contribution in [-0.4, -0.2) is 22.5 Å². The van der Waals surface area contributed by atoms with Gasteiger partial charge in [0, 0.05) is 16.7 Å². The van der Waals surface area contributed by atoms with E-state index in [-0.39, 0.29) is 5.02 Å². The van der Waals surface area contributed by atoms with Crippen LogP contribution in [-0.2, 0) is 10.8 Å². The lowest BCUT2D eigenvalue weighted by molar-refractivity contribution is 0.394. The van der Waals surface area contributed by atoms with E-state index in [1.807, 2.05) is 0 Å². The Kier molecular flexibility index (Phi) is 5.15. The summed E-state index contributed by atoms with van der Waals surface area (Å²) < 4.78 is 25.1. The van der Waals surface area contributed by atoms with Gasteiger partial charge in [0.05, 0.1) is 15.8 Å². The van der Waals surface area contributed by atoms with Gasteiger partial charge in [-0.15, -0.1) is 0 Å². The van der Waals surface area contributed by atoms with Crippen molar-refractivity contribution >= 4 is 22.4 Å². The normalized spacial score (nSPS) is 21.8. The van der Waals surface area contributed by atoms with Crippen molar-refractivity contribution in [3.63, 3.8) is 0 Å². The fraction of sp³-hybridized carbons (Fsp3) is 0.538. The largest absolute Gasteiger partial charge is 0.314 e. The maximum Gasteiger partial charge on any atom is 0.141 e. The van der Waals surface area contributed by atoms with Crippen LogP contribution in [0.15, 0.2) is 23.1 Å². The van der Waals surface area contributed by atoms with Crippen molar-refractivity contribution in [2.45, 2.75) is 36.6 Å². The Hall–Kier alpha value is -0.450. The van der Waals surface area contributed by atoms with Crippen LogP contribution in [0.4, 0.5) is 4.39 Å². The number of benzene rings is 1. The van der Waals surface area contributed by atoms with Gasteiger partial charge < -0.3 is 5.32 Å². The van der Waals surface area contributed by atoms with E-state index < -0.39 is 16.6 Å². The number of hydrogen-bond donors (Lipinski definition) is 1. The van der Waals surface area contributed by atoms with Crippen molar-refractivity contribution in [2.75, 3.05) is 12.3 Å². The Labute approximate surface area is 114 Å². The maximum atomic E-state index is 13.0. The number of nitrogens with one attached hydrogen (secondary N) is 1. The van der Waals surface area contributed by atoms with Crippen LogP contribution in [0.3, 0.4) is 0 Å². The summed E-state index contributed by atoms with van der Waals surface area (Å²) in [5, 5.41) is 3.46. The molecule has 0 aliphatic carbocycles. The summed E-state index contributed by atoms with van der Waals surface area (Å²) in [5.41, 5.74) is 0. The van der Waals surface area contributed by atoms with E-state index in [1.165, 1.54) is 25.0 Å². The molecule has 5 heteroatoms. The van der Waals surface area contributed by atoms with Crippen LogP contribution in [0.25, 0.3) is 0 Å². The summed E-state index contributed by atoms with van der Waals surface area (Å²) in [6, 6.07) is 4.75. The fourth-order valence-corrected chi connectivity index (χ4v) is 3.60. The van der Waals surface area contributed by atoms with Gasteiger partial charge in [0.2, 0.25) is 0 Å². The molecule has 2 unspecified atom stereocenters. The molecule has 2 rings (SSSR count). The highest BCUT2D eigenvalue weighted by molar-refractivity contribution is 7.85. The molecule has 1 fully saturated rings. The van der Waals surface area contributed by atoms with Crippen molar-refractivity contribution in [2.24, 2.45) is 0 Å². The van der Waals surface area contributed by atoms with Gasteiger partial charge in [-0.25, -0.2) is 4.39 Å². The summed E-state index contributed by atoms with van der Waals surface area (Å²) in [6.07, 6.45) is 4.52. The van der Waals surface area contributed by atoms with Gasteiger partial charge in [0.15, 0.2) is 0 Å². The van der Waals surface area contributed by atoms with Crippen LogP contribution >= 0.6 is 11.6 Å². The molecule has 2 nitrogen and oxygen atoms in total. The highest BCUT2D eigenvalue weighted by atomic mass is 35.5. The predicted octanol–water partition coefficient (Wildman–Crippen LogP) is 3.12. The van der Waals surface area contributed by atoms with Crippen molar-refractivity contribution in [3.8, 4) is 0 Å². The molecule has 1 aliphatic heterocycles. The minimum Gasteiger partial charge on any atom is -0.314 e. The third kappa shape index (κ3) is 3.77. The minimum atomic E-state index is -1.09. The summed E-state index contributed by atoms with van der Waals surface area (Å²) in [5.74, 6) is 0.131. The topological polar surface area (TPSA) is 29.1 Å². The van der Waals surface area contributed by atoms with Crippen molar-refractivity contribution < 1.29 is 8.60 Å². The molecule has 18 heavy (non-hydrogen) atoms. The highest BCUT2D eigenvalue weighted by Gasteiger charge is 2.14. The molecule has 1 heterocycles. The zero-order valence-electron chi connectivity index (χ0n) is 10.1. The number of piperidine rings is 1. The van der Waals surface area contributed by atoms with E-state index in [9.17, 15) is 8.60 Å². The third-order valence-electron chi connectivity index (χ3n) is 3.22. The average Bonchev–Trinajstić information content (AvgIpc) is 2.40. The fourth-order valence-electron chi connectivity index (χ4n) is 2.16. The third-order valence-corrected chi connectivity index (χ3v) is 4.89. The molecule has 0 radical (unpaired) electrons. The first-order chi connectivity index (χ1) is 8.66. The molecule has 1 aromatic carbocycles. The molecule has 0 saturated carbocycles. The van der Waals surface area contributed by atoms with E-state index >= 15 is 0 Å². The quantitative estimate of drug-likeness (QED) is 0.923. The Morgan fingerprint density at radius 3 is 2.94 bits per heavy atom. The Bertz CT molecular complexity index is 435. The summed E-state index contributed by atoms with van der Waals surface area (Å²) in [7, 11) is -1.09. The van der Waals surface area contributed by atoms with Crippen LogP contribution in [0.1, 0.15) is 25.7 Å². The zero-order valence-corrected chi connectivity index (χ0v) is 11.7. The molecule has 0 bridgehead atoms. The molecular formula is C13H17ClFNOS. The molecule has 1 N–H and O–H groups in total. The Balaban J connectivity index is 1.88. The lowest BCUT2D eigenvalue weighted by Crippen LogP contribution is -2.34. The van der Waals surface area contributed by atoms with Gasteiger partial charge in [-0.2, -0.15) is 0 Å². The second kappa shape index (κ2) is 6.64. The number of rotatable bonds is 4. The van der Waals surface area contributed by atoms with Gasteiger partial charge in [-0.1, -0.05) is 18.0 Å². The molecule has 1 aliphatic rings. The monoisotopic (exact) mass is 289 g/mol. The van der Waals surface area contributed by atoms with Crippen LogP contribution in [0, 0.1) is 5.82 Å². The molecule has 0 aromatic heterocycles. The maximum absolute atomic E-state index is 13.0. The van der Waals surface area contributed by atoms with E-state index in [0.717, 1.165) is 19.4 Å². The van der Waals surface area contributed by atoms with Gasteiger partial charge in [0.25, 0.3) is 0 Å². The lowest BCUT2D eigenvalue weighted by atomic mass is 10.0. The van der Waals surface area contributed by atoms with E-state index in [0.29, 0.717) is 16.7 Å². The van der Waals surface area contributed by atoms with Gasteiger partial charge in [0.1, 0.15) is 5.82 Å². The van der Waals surface area contributed by atoms with Crippen molar-refractivity contribution in [1.82, 2.24) is 5.32 Å². The first-order valence-corrected chi connectivity index (χ1v) is 7.93. The number of hydrogen-bond acceptors (Lipinski definition) is 2. The molecule has 1 saturated heterocycles. The SMILES string of the molecule is O=S(CCC1CCCCN1)c1ccc(F)c(Cl)c1. The molecular weight excluding hydrogens is 273 g/mol. The second-order valence-electron chi connectivity index (χ2n) is 4.56. The zero-order chi connectivity index (χ0) is 13.0. The van der Waals surface area contributed by atoms with E-state index in [1.54, 1.807) is 6.07 Å². The molecule has 0 amide bonds. The van der Waals surface area contributed by atoms with Crippen molar-refractivity contribution in [3.05, 3.63) is 29.0 Å². The molecule has 0 spiro atoms. The standard InChI is InChI=1S/C13H17ClFNOS/c14-12-9-11(4-5-13(12)15)18(17)8-6-10-3-1-2-7-16-10/h4-5,9-10,16H,1-3,6-8H2. The predicted molar refractivity (Wildman–Crippen MR) is 72.9 cm³/mol. The van der Waals surface area contributed by atoms with Gasteiger partial charge >= 0.3 is 0 Å². The average molecular weight is 290 g/mol. The van der Waals surface area contributed by atoms with Crippen LogP contribution in [0.2, 0.25) is 5.02 Å². The van der Waals surface area contributed by atoms with Crippen LogP contribution < -0.4 is 5.32 Å². The summed E-state index contributed by atoms with van der Waals surface area (Å²) in [6.45, 7) is 1.06. The van der Waals surface area contributed by atoms with Crippen LogP contribution in [0.5, 0.6) is 0 Å². The Morgan fingerprint density at radius 2 is 2.28 bits per heavy atom. The molecule has 100 valence electrons. The van der Waals surface area contributed by atoms with Gasteiger partial charge in [-0.3, -0.25) is 4.21 Å². The lowest BCUT2D eigenvalue weighted by Gasteiger charge is -2.23. The number of halogens is 2. The van der Waals surface area contributed by atoms with E-state index in [4.69, 9.17) is 11.6 Å². The minimum absolute atomic E-state index is 0.0386. The van der Waals surface area contributed by atoms with Gasteiger partial charge in [-0.05, 0) is 44.0 Å². The molecule has 1 aromatic rings. The summed E-state index contributed by atoms with van der Waals surface area (Å²) in [4.78, 5) is 0.609. The molecule has 2 atom stereocenters. The van der Waals surface area contributed by atoms with E-state index in [2.05, 4.69) is 5.32 Å². The summed E-state index contributed by atoms with van der Waals surface area (Å²) >= 11 is 5.68. The first kappa shape index (κ1) is 14.0. The second-order valence-corrected chi connectivity index (χ2v) is 6.54. The first-order valence-electron chi connectivity index (χ1n) is 6.23.